The lowest BCUT2D eigenvalue weighted by atomic mass is 9.95. The molecule has 1 heterocycles. The maximum absolute atomic E-state index is 11.4. The molecular weight excluding hydrogens is 194 g/mol. The second-order valence-electron chi connectivity index (χ2n) is 3.74. The quantitative estimate of drug-likeness (QED) is 0.677. The van der Waals surface area contributed by atoms with Crippen LogP contribution in [0.3, 0.4) is 0 Å². The van der Waals surface area contributed by atoms with Crippen molar-refractivity contribution in [2.24, 2.45) is 0 Å². The Morgan fingerprint density at radius 2 is 1.80 bits per heavy atom. The Bertz CT molecular complexity index is 365. The minimum absolute atomic E-state index is 0.434. The van der Waals surface area contributed by atoms with Gasteiger partial charge in [-0.25, -0.2) is 0 Å². The van der Waals surface area contributed by atoms with Crippen LogP contribution in [0, 0.1) is 0 Å². The van der Waals surface area contributed by atoms with Crippen LogP contribution < -0.4 is 0 Å². The number of likely N-dealkylation sites (N-methyl/N-ethyl adjacent to an activating group) is 1. The predicted octanol–water partition coefficient (Wildman–Crippen LogP) is -0.0785. The first kappa shape index (κ1) is 10.1. The number of rotatable bonds is 1. The summed E-state index contributed by atoms with van der Waals surface area (Å²) in [5.74, 6) is -0.986. The Morgan fingerprint density at radius 3 is 2.27 bits per heavy atom. The fraction of sp³-hybridized carbons (Fsp3) is 0.364. The molecular formula is C11H13NO3. The fourth-order valence-corrected chi connectivity index (χ4v) is 1.93. The van der Waals surface area contributed by atoms with Crippen LogP contribution in [-0.4, -0.2) is 40.4 Å². The summed E-state index contributed by atoms with van der Waals surface area (Å²) in [6, 6.07) is 9.07. The van der Waals surface area contributed by atoms with E-state index < -0.39 is 24.2 Å². The van der Waals surface area contributed by atoms with Crippen molar-refractivity contribution in [1.29, 1.82) is 0 Å². The number of hydrogen-bond donors (Lipinski definition) is 2. The number of aliphatic hydroxyl groups is 2. The van der Waals surface area contributed by atoms with Gasteiger partial charge >= 0.3 is 0 Å². The van der Waals surface area contributed by atoms with Crippen molar-refractivity contribution in [2.45, 2.75) is 18.2 Å². The molecule has 15 heavy (non-hydrogen) atoms. The monoisotopic (exact) mass is 207 g/mol. The lowest BCUT2D eigenvalue weighted by Gasteiger charge is -2.19. The molecule has 0 aromatic heterocycles. The minimum atomic E-state index is -1.15. The maximum Gasteiger partial charge on any atom is 0.254 e. The van der Waals surface area contributed by atoms with E-state index in [0.717, 1.165) is 5.56 Å². The Hall–Kier alpha value is -1.39. The molecule has 1 amide bonds. The van der Waals surface area contributed by atoms with Gasteiger partial charge in [0, 0.05) is 7.05 Å². The molecule has 0 spiro atoms. The summed E-state index contributed by atoms with van der Waals surface area (Å²) in [6.07, 6.45) is -2.10. The second-order valence-corrected chi connectivity index (χ2v) is 3.74. The highest BCUT2D eigenvalue weighted by atomic mass is 16.3. The average molecular weight is 207 g/mol. The van der Waals surface area contributed by atoms with E-state index in [1.54, 1.807) is 12.1 Å². The normalized spacial score (nSPS) is 31.0. The highest BCUT2D eigenvalue weighted by molar-refractivity contribution is 5.84. The van der Waals surface area contributed by atoms with Crippen molar-refractivity contribution in [2.75, 3.05) is 7.05 Å². The SMILES string of the molecule is CN1C(=O)[C@@H](O)[C@@H](c2ccccc2)[C@H]1O. The molecule has 1 aliphatic rings. The van der Waals surface area contributed by atoms with Gasteiger partial charge in [0.15, 0.2) is 0 Å². The molecule has 2 N–H and O–H groups in total. The van der Waals surface area contributed by atoms with Crippen LogP contribution in [0.4, 0.5) is 0 Å². The molecule has 80 valence electrons. The zero-order chi connectivity index (χ0) is 11.0. The van der Waals surface area contributed by atoms with Gasteiger partial charge in [-0.2, -0.15) is 0 Å². The molecule has 1 aromatic rings. The molecule has 0 saturated carbocycles. The smallest absolute Gasteiger partial charge is 0.254 e. The van der Waals surface area contributed by atoms with E-state index in [1.807, 2.05) is 18.2 Å². The van der Waals surface area contributed by atoms with Crippen LogP contribution >= 0.6 is 0 Å². The molecule has 4 heteroatoms. The lowest BCUT2D eigenvalue weighted by Crippen LogP contribution is -2.30. The summed E-state index contributed by atoms with van der Waals surface area (Å²) in [4.78, 5) is 12.6. The molecule has 1 aromatic carbocycles. The Morgan fingerprint density at radius 1 is 1.20 bits per heavy atom. The van der Waals surface area contributed by atoms with E-state index in [-0.39, 0.29) is 0 Å². The van der Waals surface area contributed by atoms with E-state index in [4.69, 9.17) is 0 Å². The van der Waals surface area contributed by atoms with Gasteiger partial charge < -0.3 is 15.1 Å². The van der Waals surface area contributed by atoms with Gasteiger partial charge in [-0.3, -0.25) is 4.79 Å². The third-order valence-electron chi connectivity index (χ3n) is 2.84. The van der Waals surface area contributed by atoms with Gasteiger partial charge in [0.05, 0.1) is 5.92 Å². The van der Waals surface area contributed by atoms with Gasteiger partial charge in [-0.1, -0.05) is 30.3 Å². The topological polar surface area (TPSA) is 60.8 Å². The number of benzene rings is 1. The average Bonchev–Trinajstić information content (AvgIpc) is 2.45. The summed E-state index contributed by atoms with van der Waals surface area (Å²) in [5.41, 5.74) is 0.773. The predicted molar refractivity (Wildman–Crippen MR) is 54.0 cm³/mol. The molecule has 1 aliphatic heterocycles. The molecule has 0 aliphatic carbocycles. The number of likely N-dealkylation sites (tertiary alicyclic amines) is 1. The lowest BCUT2D eigenvalue weighted by molar-refractivity contribution is -0.136. The van der Waals surface area contributed by atoms with Crippen LogP contribution in [-0.2, 0) is 4.79 Å². The van der Waals surface area contributed by atoms with Crippen LogP contribution in [0.2, 0.25) is 0 Å². The van der Waals surface area contributed by atoms with Crippen LogP contribution in [0.25, 0.3) is 0 Å². The molecule has 0 unspecified atom stereocenters. The Balaban J connectivity index is 2.35. The summed E-state index contributed by atoms with van der Waals surface area (Å²) in [6.45, 7) is 0. The summed E-state index contributed by atoms with van der Waals surface area (Å²) in [5, 5.41) is 19.5. The third-order valence-corrected chi connectivity index (χ3v) is 2.84. The molecule has 2 rings (SSSR count). The third kappa shape index (κ3) is 1.52. The number of aliphatic hydroxyl groups excluding tert-OH is 2. The minimum Gasteiger partial charge on any atom is -0.382 e. The van der Waals surface area contributed by atoms with E-state index in [9.17, 15) is 15.0 Å². The Labute approximate surface area is 87.8 Å². The first-order valence-electron chi connectivity index (χ1n) is 4.80. The van der Waals surface area contributed by atoms with Crippen molar-refractivity contribution < 1.29 is 15.0 Å². The number of amides is 1. The van der Waals surface area contributed by atoms with Gasteiger partial charge in [0.25, 0.3) is 5.91 Å². The standard InChI is InChI=1S/C11H13NO3/c1-12-10(14)8(9(13)11(12)15)7-5-3-2-4-6-7/h2-6,8-10,13-14H,1H3/t8-,9+,10-/m1/s1. The first-order valence-corrected chi connectivity index (χ1v) is 4.80. The molecule has 4 nitrogen and oxygen atoms in total. The molecule has 0 bridgehead atoms. The van der Waals surface area contributed by atoms with Crippen LogP contribution in [0.15, 0.2) is 30.3 Å². The maximum atomic E-state index is 11.4. The van der Waals surface area contributed by atoms with Crippen molar-refractivity contribution in [3.05, 3.63) is 35.9 Å². The number of hydrogen-bond acceptors (Lipinski definition) is 3. The summed E-state index contributed by atoms with van der Waals surface area (Å²) in [7, 11) is 1.49. The highest BCUT2D eigenvalue weighted by Crippen LogP contribution is 2.32. The van der Waals surface area contributed by atoms with Crippen molar-refractivity contribution in [3.63, 3.8) is 0 Å². The molecule has 1 saturated heterocycles. The fourth-order valence-electron chi connectivity index (χ4n) is 1.93. The second kappa shape index (κ2) is 3.64. The van der Waals surface area contributed by atoms with E-state index in [2.05, 4.69) is 0 Å². The molecule has 3 atom stereocenters. The van der Waals surface area contributed by atoms with E-state index in [0.29, 0.717) is 0 Å². The zero-order valence-corrected chi connectivity index (χ0v) is 8.37. The van der Waals surface area contributed by atoms with Crippen molar-refractivity contribution in [3.8, 4) is 0 Å². The van der Waals surface area contributed by atoms with E-state index >= 15 is 0 Å². The summed E-state index contributed by atoms with van der Waals surface area (Å²) >= 11 is 0. The number of carbonyl (C=O) groups is 1. The number of carbonyl (C=O) groups excluding carboxylic acids is 1. The van der Waals surface area contributed by atoms with Gasteiger partial charge in [-0.05, 0) is 5.56 Å². The zero-order valence-electron chi connectivity index (χ0n) is 8.37. The van der Waals surface area contributed by atoms with Gasteiger partial charge in [0.1, 0.15) is 12.3 Å². The molecule has 1 fully saturated rings. The summed E-state index contributed by atoms with van der Waals surface area (Å²) < 4.78 is 0. The van der Waals surface area contributed by atoms with Crippen molar-refractivity contribution >= 4 is 5.91 Å². The Kier molecular flexibility index (Phi) is 2.46. The first-order chi connectivity index (χ1) is 7.13. The van der Waals surface area contributed by atoms with Crippen molar-refractivity contribution in [1.82, 2.24) is 4.90 Å². The van der Waals surface area contributed by atoms with Gasteiger partial charge in [0.2, 0.25) is 0 Å². The van der Waals surface area contributed by atoms with Crippen LogP contribution in [0.1, 0.15) is 11.5 Å². The van der Waals surface area contributed by atoms with Gasteiger partial charge in [-0.15, -0.1) is 0 Å². The van der Waals surface area contributed by atoms with E-state index in [1.165, 1.54) is 11.9 Å². The van der Waals surface area contributed by atoms with Crippen LogP contribution in [0.5, 0.6) is 0 Å². The highest BCUT2D eigenvalue weighted by Gasteiger charge is 2.45. The largest absolute Gasteiger partial charge is 0.382 e. The molecule has 0 radical (unpaired) electrons. The number of nitrogens with zero attached hydrogens (tertiary/aromatic N) is 1.